The minimum atomic E-state index is -0.381. The fraction of sp³-hybridized carbons (Fsp3) is 0.417. The van der Waals surface area contributed by atoms with Crippen LogP contribution in [0.15, 0.2) is 41.3 Å². The minimum Gasteiger partial charge on any atom is -0.481 e. The molecule has 2 amide bonds. The van der Waals surface area contributed by atoms with E-state index in [1.807, 2.05) is 4.68 Å². The number of aryl methyl sites for hydroxylation is 1. The van der Waals surface area contributed by atoms with Gasteiger partial charge in [-0.1, -0.05) is 0 Å². The molecule has 2 fully saturated rings. The van der Waals surface area contributed by atoms with E-state index in [9.17, 15) is 14.4 Å². The molecule has 0 radical (unpaired) electrons. The molecule has 3 heterocycles. The number of cyclic esters (lactones) is 1. The SMILES string of the molecule is COc1c2cc(C(=O)Nc3cccn(C)c3=O)ccc2nn1C1CCC2(CC1)COC(=O)N2C. The first-order chi connectivity index (χ1) is 16.3. The van der Waals surface area contributed by atoms with Crippen LogP contribution in [0.25, 0.3) is 10.9 Å². The van der Waals surface area contributed by atoms with Crippen molar-refractivity contribution in [3.8, 4) is 5.88 Å². The number of hydrogen-bond donors (Lipinski definition) is 1. The Kier molecular flexibility index (Phi) is 5.30. The van der Waals surface area contributed by atoms with Crippen LogP contribution in [-0.4, -0.2) is 57.6 Å². The predicted molar refractivity (Wildman–Crippen MR) is 125 cm³/mol. The van der Waals surface area contributed by atoms with Crippen LogP contribution in [0.3, 0.4) is 0 Å². The number of likely N-dealkylation sites (N-methyl/N-ethyl adjacent to an activating group) is 1. The fourth-order valence-corrected chi connectivity index (χ4v) is 5.01. The number of carbonyl (C=O) groups excluding carboxylic acids is 2. The maximum absolute atomic E-state index is 12.9. The summed E-state index contributed by atoms with van der Waals surface area (Å²) in [6, 6.07) is 8.60. The summed E-state index contributed by atoms with van der Waals surface area (Å²) in [6.45, 7) is 0.427. The number of carbonyl (C=O) groups is 2. The Labute approximate surface area is 196 Å². The number of anilines is 1. The van der Waals surface area contributed by atoms with E-state index in [-0.39, 0.29) is 34.8 Å². The number of benzene rings is 1. The lowest BCUT2D eigenvalue weighted by Crippen LogP contribution is -2.47. The monoisotopic (exact) mass is 465 g/mol. The average molecular weight is 466 g/mol. The van der Waals surface area contributed by atoms with Crippen molar-refractivity contribution in [3.63, 3.8) is 0 Å². The highest BCUT2D eigenvalue weighted by atomic mass is 16.6. The molecule has 5 rings (SSSR count). The third-order valence-electron chi connectivity index (χ3n) is 7.16. The normalized spacial score (nSPS) is 22.3. The Morgan fingerprint density at radius 2 is 1.97 bits per heavy atom. The molecule has 10 nitrogen and oxygen atoms in total. The molecular weight excluding hydrogens is 438 g/mol. The smallest absolute Gasteiger partial charge is 0.410 e. The van der Waals surface area contributed by atoms with Crippen LogP contribution in [0, 0.1) is 0 Å². The first kappa shape index (κ1) is 22.0. The molecule has 34 heavy (non-hydrogen) atoms. The van der Waals surface area contributed by atoms with E-state index in [4.69, 9.17) is 14.6 Å². The highest BCUT2D eigenvalue weighted by Gasteiger charge is 2.47. The number of rotatable bonds is 4. The summed E-state index contributed by atoms with van der Waals surface area (Å²) in [7, 11) is 5.03. The number of nitrogens with one attached hydrogen (secondary N) is 1. The van der Waals surface area contributed by atoms with Crippen LogP contribution < -0.4 is 15.6 Å². The van der Waals surface area contributed by atoms with Crippen molar-refractivity contribution >= 4 is 28.6 Å². The van der Waals surface area contributed by atoms with Crippen molar-refractivity contribution < 1.29 is 19.1 Å². The first-order valence-corrected chi connectivity index (χ1v) is 11.3. The summed E-state index contributed by atoms with van der Waals surface area (Å²) < 4.78 is 14.3. The largest absolute Gasteiger partial charge is 0.481 e. The molecule has 2 aliphatic rings. The molecule has 1 aliphatic heterocycles. The van der Waals surface area contributed by atoms with Crippen molar-refractivity contribution in [3.05, 3.63) is 52.4 Å². The molecule has 0 unspecified atom stereocenters. The van der Waals surface area contributed by atoms with Gasteiger partial charge in [-0.15, -0.1) is 0 Å². The molecule has 2 aromatic heterocycles. The van der Waals surface area contributed by atoms with Gasteiger partial charge in [0, 0.05) is 25.9 Å². The van der Waals surface area contributed by atoms with E-state index >= 15 is 0 Å². The second-order valence-electron chi connectivity index (χ2n) is 9.05. The Bertz CT molecular complexity index is 1340. The maximum atomic E-state index is 12.9. The molecular formula is C24H27N5O5. The van der Waals surface area contributed by atoms with Gasteiger partial charge in [-0.05, 0) is 56.0 Å². The van der Waals surface area contributed by atoms with Gasteiger partial charge in [-0.3, -0.25) is 9.59 Å². The zero-order valence-electron chi connectivity index (χ0n) is 19.4. The van der Waals surface area contributed by atoms with E-state index in [0.29, 0.717) is 18.1 Å². The quantitative estimate of drug-likeness (QED) is 0.635. The van der Waals surface area contributed by atoms with Gasteiger partial charge in [0.25, 0.3) is 11.5 Å². The lowest BCUT2D eigenvalue weighted by atomic mass is 9.79. The molecule has 1 aliphatic carbocycles. The maximum Gasteiger partial charge on any atom is 0.410 e. The van der Waals surface area contributed by atoms with Crippen LogP contribution in [0.5, 0.6) is 5.88 Å². The lowest BCUT2D eigenvalue weighted by molar-refractivity contribution is 0.102. The number of methoxy groups -OCH3 is 1. The van der Waals surface area contributed by atoms with Crippen LogP contribution in [-0.2, 0) is 11.8 Å². The Balaban J connectivity index is 1.40. The Hall–Kier alpha value is -3.82. The highest BCUT2D eigenvalue weighted by Crippen LogP contribution is 2.43. The summed E-state index contributed by atoms with van der Waals surface area (Å²) in [5.74, 6) is 0.210. The second kappa shape index (κ2) is 8.19. The molecule has 1 saturated heterocycles. The summed E-state index contributed by atoms with van der Waals surface area (Å²) in [4.78, 5) is 38.7. The molecule has 1 spiro atoms. The molecule has 1 aromatic carbocycles. The zero-order valence-corrected chi connectivity index (χ0v) is 19.4. The van der Waals surface area contributed by atoms with Gasteiger partial charge in [0.1, 0.15) is 12.3 Å². The van der Waals surface area contributed by atoms with Crippen LogP contribution >= 0.6 is 0 Å². The van der Waals surface area contributed by atoms with E-state index < -0.39 is 0 Å². The van der Waals surface area contributed by atoms with Crippen LogP contribution in [0.4, 0.5) is 10.5 Å². The minimum absolute atomic E-state index is 0.113. The molecule has 3 aromatic rings. The summed E-state index contributed by atoms with van der Waals surface area (Å²) in [6.07, 6.45) is 4.66. The number of ether oxygens (including phenoxy) is 2. The van der Waals surface area contributed by atoms with E-state index in [2.05, 4.69) is 5.32 Å². The summed E-state index contributed by atoms with van der Waals surface area (Å²) in [5, 5.41) is 8.18. The van der Waals surface area contributed by atoms with E-state index in [1.165, 1.54) is 4.57 Å². The van der Waals surface area contributed by atoms with Gasteiger partial charge in [0.05, 0.1) is 29.6 Å². The summed E-state index contributed by atoms with van der Waals surface area (Å²) >= 11 is 0. The fourth-order valence-electron chi connectivity index (χ4n) is 5.01. The molecule has 0 atom stereocenters. The highest BCUT2D eigenvalue weighted by molar-refractivity contribution is 6.06. The molecule has 178 valence electrons. The number of fused-ring (bicyclic) bond motifs is 1. The van der Waals surface area contributed by atoms with Crippen LogP contribution in [0.1, 0.15) is 42.1 Å². The zero-order chi connectivity index (χ0) is 24.0. The molecule has 1 N–H and O–H groups in total. The van der Waals surface area contributed by atoms with Crippen molar-refractivity contribution in [1.82, 2.24) is 19.2 Å². The number of pyridine rings is 1. The van der Waals surface area contributed by atoms with Crippen molar-refractivity contribution in [1.29, 1.82) is 0 Å². The number of nitrogens with zero attached hydrogens (tertiary/aromatic N) is 4. The Morgan fingerprint density at radius 3 is 2.65 bits per heavy atom. The first-order valence-electron chi connectivity index (χ1n) is 11.3. The van der Waals surface area contributed by atoms with Crippen LogP contribution in [0.2, 0.25) is 0 Å². The van der Waals surface area contributed by atoms with Crippen molar-refractivity contribution in [2.45, 2.75) is 37.3 Å². The predicted octanol–water partition coefficient (Wildman–Crippen LogP) is 2.93. The number of amides is 2. The third-order valence-corrected chi connectivity index (χ3v) is 7.16. The van der Waals surface area contributed by atoms with Gasteiger partial charge < -0.3 is 24.3 Å². The Morgan fingerprint density at radius 1 is 1.21 bits per heavy atom. The number of aromatic nitrogens is 3. The summed E-state index contributed by atoms with van der Waals surface area (Å²) in [5.41, 5.74) is 0.821. The third kappa shape index (κ3) is 3.49. The van der Waals surface area contributed by atoms with Gasteiger partial charge >= 0.3 is 6.09 Å². The van der Waals surface area contributed by atoms with E-state index in [0.717, 1.165) is 36.6 Å². The standard InChI is InChI=1S/C24H27N5O5/c1-27-12-4-5-19(21(27)31)25-20(30)15-6-7-18-17(13-15)22(33-3)29(26-18)16-8-10-24(11-9-16)14-34-23(32)28(24)2/h4-7,12-13,16H,8-11,14H2,1-3H3,(H,25,30). The van der Waals surface area contributed by atoms with Gasteiger partial charge in [-0.25, -0.2) is 9.48 Å². The van der Waals surface area contributed by atoms with Gasteiger partial charge in [-0.2, -0.15) is 5.10 Å². The van der Waals surface area contributed by atoms with E-state index in [1.54, 1.807) is 62.6 Å². The van der Waals surface area contributed by atoms with Gasteiger partial charge in [0.2, 0.25) is 5.88 Å². The van der Waals surface area contributed by atoms with Crippen molar-refractivity contribution in [2.24, 2.45) is 7.05 Å². The van der Waals surface area contributed by atoms with Crippen molar-refractivity contribution in [2.75, 3.05) is 26.1 Å². The number of hydrogen-bond acceptors (Lipinski definition) is 6. The van der Waals surface area contributed by atoms with Gasteiger partial charge in [0.15, 0.2) is 0 Å². The average Bonchev–Trinajstić information content (AvgIpc) is 3.35. The molecule has 0 bridgehead atoms. The molecule has 10 heteroatoms. The molecule has 1 saturated carbocycles. The topological polar surface area (TPSA) is 108 Å². The lowest BCUT2D eigenvalue weighted by Gasteiger charge is -2.39. The second-order valence-corrected chi connectivity index (χ2v) is 9.05.